The Hall–Kier alpha value is -1.02. The molecule has 1 aromatic rings. The van der Waals surface area contributed by atoms with Gasteiger partial charge in [0, 0.05) is 24.3 Å². The Morgan fingerprint density at radius 3 is 2.94 bits per heavy atom. The molecule has 2 unspecified atom stereocenters. The van der Waals surface area contributed by atoms with Crippen LogP contribution in [0.15, 0.2) is 24.3 Å². The highest BCUT2D eigenvalue weighted by Gasteiger charge is 2.28. The molecule has 1 N–H and O–H groups in total. The SMILES string of the molecule is CCNCC(C)N1c2ccccc2CC1C. The summed E-state index contributed by atoms with van der Waals surface area (Å²) in [6, 6.07) is 9.99. The third kappa shape index (κ3) is 2.07. The van der Waals surface area contributed by atoms with Crippen LogP contribution >= 0.6 is 0 Å². The third-order valence-corrected chi connectivity index (χ3v) is 3.42. The lowest BCUT2D eigenvalue weighted by Crippen LogP contribution is -2.43. The normalized spacial score (nSPS) is 20.9. The van der Waals surface area contributed by atoms with E-state index in [0.717, 1.165) is 13.1 Å². The van der Waals surface area contributed by atoms with Gasteiger partial charge < -0.3 is 10.2 Å². The fraction of sp³-hybridized carbons (Fsp3) is 0.571. The number of nitrogens with one attached hydrogen (secondary N) is 1. The summed E-state index contributed by atoms with van der Waals surface area (Å²) in [6.07, 6.45) is 1.19. The Morgan fingerprint density at radius 2 is 2.19 bits per heavy atom. The number of nitrogens with zero attached hydrogens (tertiary/aromatic N) is 1. The molecule has 0 radical (unpaired) electrons. The number of hydrogen-bond donors (Lipinski definition) is 1. The first kappa shape index (κ1) is 11.5. The van der Waals surface area contributed by atoms with Crippen molar-refractivity contribution in [3.63, 3.8) is 0 Å². The smallest absolute Gasteiger partial charge is 0.0404 e. The first-order valence-electron chi connectivity index (χ1n) is 6.31. The summed E-state index contributed by atoms with van der Waals surface area (Å²) in [5.41, 5.74) is 2.93. The molecule has 0 amide bonds. The van der Waals surface area contributed by atoms with Gasteiger partial charge in [-0.15, -0.1) is 0 Å². The van der Waals surface area contributed by atoms with Crippen LogP contribution in [0.2, 0.25) is 0 Å². The van der Waals surface area contributed by atoms with Crippen LogP contribution in [0.4, 0.5) is 5.69 Å². The number of anilines is 1. The van der Waals surface area contributed by atoms with Crippen LogP contribution in [0, 0.1) is 0 Å². The molecular weight excluding hydrogens is 196 g/mol. The fourth-order valence-electron chi connectivity index (χ4n) is 2.71. The lowest BCUT2D eigenvalue weighted by Gasteiger charge is -2.32. The first-order valence-corrected chi connectivity index (χ1v) is 6.31. The van der Waals surface area contributed by atoms with E-state index in [2.05, 4.69) is 55.3 Å². The summed E-state index contributed by atoms with van der Waals surface area (Å²) >= 11 is 0. The van der Waals surface area contributed by atoms with Gasteiger partial charge in [0.1, 0.15) is 0 Å². The second-order valence-electron chi connectivity index (χ2n) is 4.75. The van der Waals surface area contributed by atoms with Crippen LogP contribution in [0.1, 0.15) is 26.3 Å². The maximum absolute atomic E-state index is 3.43. The van der Waals surface area contributed by atoms with Gasteiger partial charge in [0.25, 0.3) is 0 Å². The number of hydrogen-bond acceptors (Lipinski definition) is 2. The van der Waals surface area contributed by atoms with Crippen molar-refractivity contribution in [2.24, 2.45) is 0 Å². The minimum absolute atomic E-state index is 0.568. The summed E-state index contributed by atoms with van der Waals surface area (Å²) in [5, 5.41) is 3.43. The Kier molecular flexibility index (Phi) is 3.49. The predicted octanol–water partition coefficient (Wildman–Crippen LogP) is 2.44. The molecule has 2 nitrogen and oxygen atoms in total. The molecule has 2 rings (SSSR count). The molecule has 1 aliphatic heterocycles. The largest absolute Gasteiger partial charge is 0.364 e. The zero-order valence-electron chi connectivity index (χ0n) is 10.5. The molecule has 1 heterocycles. The van der Waals surface area contributed by atoms with E-state index < -0.39 is 0 Å². The van der Waals surface area contributed by atoms with Crippen molar-refractivity contribution in [3.05, 3.63) is 29.8 Å². The van der Waals surface area contributed by atoms with Crippen LogP contribution in [0.5, 0.6) is 0 Å². The summed E-state index contributed by atoms with van der Waals surface area (Å²) < 4.78 is 0. The predicted molar refractivity (Wildman–Crippen MR) is 70.1 cm³/mol. The van der Waals surface area contributed by atoms with E-state index in [1.165, 1.54) is 17.7 Å². The topological polar surface area (TPSA) is 15.3 Å². The Balaban J connectivity index is 2.15. The van der Waals surface area contributed by atoms with E-state index in [1.54, 1.807) is 0 Å². The maximum atomic E-state index is 3.43. The summed E-state index contributed by atoms with van der Waals surface area (Å²) in [7, 11) is 0. The fourth-order valence-corrected chi connectivity index (χ4v) is 2.71. The van der Waals surface area contributed by atoms with Gasteiger partial charge in [-0.3, -0.25) is 0 Å². The summed E-state index contributed by atoms with van der Waals surface area (Å²) in [6.45, 7) is 8.90. The highest BCUT2D eigenvalue weighted by molar-refractivity contribution is 5.59. The zero-order chi connectivity index (χ0) is 11.5. The zero-order valence-corrected chi connectivity index (χ0v) is 10.5. The average Bonchev–Trinajstić information content (AvgIpc) is 2.62. The molecule has 2 heteroatoms. The van der Waals surface area contributed by atoms with Crippen LogP contribution in [-0.2, 0) is 6.42 Å². The van der Waals surface area contributed by atoms with Gasteiger partial charge in [-0.05, 0) is 38.4 Å². The Labute approximate surface area is 98.7 Å². The van der Waals surface area contributed by atoms with Crippen molar-refractivity contribution >= 4 is 5.69 Å². The molecule has 1 aromatic carbocycles. The molecular formula is C14H22N2. The van der Waals surface area contributed by atoms with Crippen LogP contribution < -0.4 is 10.2 Å². The van der Waals surface area contributed by atoms with Crippen LogP contribution in [-0.4, -0.2) is 25.2 Å². The van der Waals surface area contributed by atoms with E-state index in [-0.39, 0.29) is 0 Å². The highest BCUT2D eigenvalue weighted by atomic mass is 15.2. The molecule has 0 aliphatic carbocycles. The molecule has 0 saturated carbocycles. The molecule has 1 aliphatic rings. The monoisotopic (exact) mass is 218 g/mol. The Bertz CT molecular complexity index is 348. The molecule has 0 aromatic heterocycles. The molecule has 0 spiro atoms. The second-order valence-corrected chi connectivity index (χ2v) is 4.75. The van der Waals surface area contributed by atoms with Crippen LogP contribution in [0.3, 0.4) is 0 Å². The lowest BCUT2D eigenvalue weighted by molar-refractivity contribution is 0.536. The van der Waals surface area contributed by atoms with E-state index in [0.29, 0.717) is 12.1 Å². The van der Waals surface area contributed by atoms with Crippen molar-refractivity contribution in [2.75, 3.05) is 18.0 Å². The molecule has 0 fully saturated rings. The van der Waals surface area contributed by atoms with Crippen molar-refractivity contribution in [1.82, 2.24) is 5.32 Å². The number of likely N-dealkylation sites (N-methyl/N-ethyl adjacent to an activating group) is 1. The second kappa shape index (κ2) is 4.88. The maximum Gasteiger partial charge on any atom is 0.0404 e. The van der Waals surface area contributed by atoms with Crippen molar-refractivity contribution in [1.29, 1.82) is 0 Å². The lowest BCUT2D eigenvalue weighted by atomic mass is 10.1. The van der Waals surface area contributed by atoms with Crippen molar-refractivity contribution in [3.8, 4) is 0 Å². The van der Waals surface area contributed by atoms with E-state index in [9.17, 15) is 0 Å². The van der Waals surface area contributed by atoms with Crippen LogP contribution in [0.25, 0.3) is 0 Å². The first-order chi connectivity index (χ1) is 7.74. The molecule has 16 heavy (non-hydrogen) atoms. The van der Waals surface area contributed by atoms with E-state index >= 15 is 0 Å². The Morgan fingerprint density at radius 1 is 1.44 bits per heavy atom. The number of para-hydroxylation sites is 1. The van der Waals surface area contributed by atoms with Gasteiger partial charge in [0.2, 0.25) is 0 Å². The van der Waals surface area contributed by atoms with Crippen molar-refractivity contribution < 1.29 is 0 Å². The summed E-state index contributed by atoms with van der Waals surface area (Å²) in [4.78, 5) is 2.55. The van der Waals surface area contributed by atoms with Crippen molar-refractivity contribution in [2.45, 2.75) is 39.3 Å². The van der Waals surface area contributed by atoms with Gasteiger partial charge in [0.05, 0.1) is 0 Å². The van der Waals surface area contributed by atoms with Gasteiger partial charge in [-0.2, -0.15) is 0 Å². The minimum atomic E-state index is 0.568. The minimum Gasteiger partial charge on any atom is -0.364 e. The average molecular weight is 218 g/mol. The quantitative estimate of drug-likeness (QED) is 0.835. The summed E-state index contributed by atoms with van der Waals surface area (Å²) in [5.74, 6) is 0. The highest BCUT2D eigenvalue weighted by Crippen LogP contribution is 2.33. The molecule has 88 valence electrons. The number of fused-ring (bicyclic) bond motifs is 1. The van der Waals surface area contributed by atoms with Gasteiger partial charge in [-0.1, -0.05) is 25.1 Å². The van der Waals surface area contributed by atoms with Gasteiger partial charge in [0.15, 0.2) is 0 Å². The van der Waals surface area contributed by atoms with E-state index in [1.807, 2.05) is 0 Å². The standard InChI is InChI=1S/C14H22N2/c1-4-15-10-12(3)16-11(2)9-13-7-5-6-8-14(13)16/h5-8,11-12,15H,4,9-10H2,1-3H3. The number of benzene rings is 1. The number of rotatable bonds is 4. The van der Waals surface area contributed by atoms with Gasteiger partial charge >= 0.3 is 0 Å². The molecule has 2 atom stereocenters. The molecule has 0 bridgehead atoms. The third-order valence-electron chi connectivity index (χ3n) is 3.42. The van der Waals surface area contributed by atoms with Gasteiger partial charge in [-0.25, -0.2) is 0 Å². The van der Waals surface area contributed by atoms with E-state index in [4.69, 9.17) is 0 Å². The molecule has 0 saturated heterocycles.